The Balaban J connectivity index is 1.32. The first-order valence-electron chi connectivity index (χ1n) is 9.25. The van der Waals surface area contributed by atoms with Crippen molar-refractivity contribution in [3.8, 4) is 5.75 Å². The molecule has 1 aliphatic heterocycles. The largest absolute Gasteiger partial charge is 0.495 e. The van der Waals surface area contributed by atoms with Crippen molar-refractivity contribution < 1.29 is 9.53 Å². The van der Waals surface area contributed by atoms with Crippen molar-refractivity contribution in [2.75, 3.05) is 38.2 Å². The Labute approximate surface area is 163 Å². The zero-order valence-electron chi connectivity index (χ0n) is 15.4. The smallest absolute Gasteiger partial charge is 0.223 e. The van der Waals surface area contributed by atoms with E-state index in [-0.39, 0.29) is 5.91 Å². The molecule has 1 fully saturated rings. The number of benzene rings is 2. The summed E-state index contributed by atoms with van der Waals surface area (Å²) < 4.78 is 6.64. The number of carbonyl (C=O) groups excluding carboxylic acids is 1. The van der Waals surface area contributed by atoms with Crippen molar-refractivity contribution in [2.45, 2.75) is 12.8 Å². The Hall–Kier alpha value is -2.60. The van der Waals surface area contributed by atoms with Gasteiger partial charge in [0.15, 0.2) is 0 Å². The maximum absolute atomic E-state index is 12.6. The topological polar surface area (TPSA) is 45.7 Å². The number of rotatable bonds is 5. The van der Waals surface area contributed by atoms with Crippen molar-refractivity contribution in [3.63, 3.8) is 0 Å². The third-order valence-corrected chi connectivity index (χ3v) is 6.05. The summed E-state index contributed by atoms with van der Waals surface area (Å²) in [6.07, 6.45) is 1.24. The number of nitrogens with zero attached hydrogens (tertiary/aromatic N) is 3. The number of hydrogen-bond donors (Lipinski definition) is 0. The van der Waals surface area contributed by atoms with Gasteiger partial charge in [-0.3, -0.25) is 4.79 Å². The van der Waals surface area contributed by atoms with Gasteiger partial charge in [0.1, 0.15) is 5.75 Å². The Morgan fingerprint density at radius 1 is 1.07 bits per heavy atom. The van der Waals surface area contributed by atoms with Gasteiger partial charge >= 0.3 is 0 Å². The van der Waals surface area contributed by atoms with E-state index in [1.165, 1.54) is 4.70 Å². The summed E-state index contributed by atoms with van der Waals surface area (Å²) in [6.45, 7) is 3.15. The normalized spacial score (nSPS) is 14.6. The highest BCUT2D eigenvalue weighted by molar-refractivity contribution is 7.18. The molecule has 6 heteroatoms. The van der Waals surface area contributed by atoms with Crippen molar-refractivity contribution in [3.05, 3.63) is 53.5 Å². The highest BCUT2D eigenvalue weighted by Gasteiger charge is 2.22. The molecule has 1 aromatic heterocycles. The lowest BCUT2D eigenvalue weighted by Crippen LogP contribution is -2.48. The quantitative estimate of drug-likeness (QED) is 0.678. The van der Waals surface area contributed by atoms with E-state index in [1.807, 2.05) is 41.3 Å². The number of para-hydroxylation sites is 3. The second-order valence-electron chi connectivity index (χ2n) is 6.62. The van der Waals surface area contributed by atoms with E-state index in [0.29, 0.717) is 12.8 Å². The number of amides is 1. The number of carbonyl (C=O) groups is 1. The average Bonchev–Trinajstić information content (AvgIpc) is 3.15. The molecular weight excluding hydrogens is 358 g/mol. The molecule has 0 spiro atoms. The highest BCUT2D eigenvalue weighted by Crippen LogP contribution is 2.28. The van der Waals surface area contributed by atoms with Crippen LogP contribution < -0.4 is 9.64 Å². The van der Waals surface area contributed by atoms with E-state index in [1.54, 1.807) is 18.4 Å². The number of methoxy groups -OCH3 is 1. The molecule has 1 amide bonds. The van der Waals surface area contributed by atoms with E-state index >= 15 is 0 Å². The molecule has 2 heterocycles. The number of aromatic nitrogens is 1. The van der Waals surface area contributed by atoms with E-state index in [0.717, 1.165) is 48.1 Å². The second kappa shape index (κ2) is 7.96. The fourth-order valence-electron chi connectivity index (χ4n) is 3.49. The van der Waals surface area contributed by atoms with Gasteiger partial charge in [-0.05, 0) is 24.3 Å². The van der Waals surface area contributed by atoms with Crippen LogP contribution in [0.2, 0.25) is 0 Å². The van der Waals surface area contributed by atoms with E-state index in [4.69, 9.17) is 4.74 Å². The molecule has 140 valence electrons. The van der Waals surface area contributed by atoms with Crippen LogP contribution in [0.5, 0.6) is 5.75 Å². The van der Waals surface area contributed by atoms with Crippen LogP contribution >= 0.6 is 11.3 Å². The molecule has 0 aliphatic carbocycles. The van der Waals surface area contributed by atoms with Crippen LogP contribution in [-0.2, 0) is 11.2 Å². The van der Waals surface area contributed by atoms with Gasteiger partial charge < -0.3 is 14.5 Å². The summed E-state index contributed by atoms with van der Waals surface area (Å²) in [5, 5.41) is 1.04. The molecule has 1 aliphatic rings. The summed E-state index contributed by atoms with van der Waals surface area (Å²) in [6, 6.07) is 16.2. The van der Waals surface area contributed by atoms with Gasteiger partial charge in [0.25, 0.3) is 0 Å². The van der Waals surface area contributed by atoms with Crippen LogP contribution in [0.25, 0.3) is 10.2 Å². The molecule has 0 atom stereocenters. The van der Waals surface area contributed by atoms with Crippen LogP contribution in [0.4, 0.5) is 5.69 Å². The third-order valence-electron chi connectivity index (χ3n) is 4.95. The molecule has 3 aromatic rings. The van der Waals surface area contributed by atoms with Crippen LogP contribution in [-0.4, -0.2) is 49.1 Å². The van der Waals surface area contributed by atoms with E-state index in [2.05, 4.69) is 22.0 Å². The predicted molar refractivity (Wildman–Crippen MR) is 110 cm³/mol. The Kier molecular flexibility index (Phi) is 5.25. The molecule has 0 bridgehead atoms. The van der Waals surface area contributed by atoms with Crippen LogP contribution in [0.1, 0.15) is 11.4 Å². The lowest BCUT2D eigenvalue weighted by Gasteiger charge is -2.36. The van der Waals surface area contributed by atoms with Crippen molar-refractivity contribution in [2.24, 2.45) is 0 Å². The molecule has 0 saturated carbocycles. The summed E-state index contributed by atoms with van der Waals surface area (Å²) in [5.41, 5.74) is 2.12. The summed E-state index contributed by atoms with van der Waals surface area (Å²) >= 11 is 1.68. The van der Waals surface area contributed by atoms with Gasteiger partial charge in [0.05, 0.1) is 28.0 Å². The number of anilines is 1. The summed E-state index contributed by atoms with van der Waals surface area (Å²) in [7, 11) is 1.70. The summed E-state index contributed by atoms with van der Waals surface area (Å²) in [4.78, 5) is 21.5. The lowest BCUT2D eigenvalue weighted by molar-refractivity contribution is -0.131. The Morgan fingerprint density at radius 3 is 2.59 bits per heavy atom. The van der Waals surface area contributed by atoms with Crippen LogP contribution in [0, 0.1) is 0 Å². The van der Waals surface area contributed by atoms with Crippen LogP contribution in [0.15, 0.2) is 48.5 Å². The SMILES string of the molecule is COc1ccccc1N1CCN(C(=O)CCc2nc3ccccc3s2)CC1. The number of aryl methyl sites for hydroxylation is 1. The summed E-state index contributed by atoms with van der Waals surface area (Å²) in [5.74, 6) is 1.10. The molecule has 0 N–H and O–H groups in total. The number of thiazole rings is 1. The minimum atomic E-state index is 0.217. The van der Waals surface area contributed by atoms with E-state index < -0.39 is 0 Å². The zero-order chi connectivity index (χ0) is 18.6. The van der Waals surface area contributed by atoms with Gasteiger partial charge in [-0.2, -0.15) is 0 Å². The maximum Gasteiger partial charge on any atom is 0.223 e. The lowest BCUT2D eigenvalue weighted by atomic mass is 10.2. The second-order valence-corrected chi connectivity index (χ2v) is 7.73. The van der Waals surface area contributed by atoms with Crippen LogP contribution in [0.3, 0.4) is 0 Å². The minimum Gasteiger partial charge on any atom is -0.495 e. The first-order valence-corrected chi connectivity index (χ1v) is 10.1. The van der Waals surface area contributed by atoms with Gasteiger partial charge in [-0.1, -0.05) is 24.3 Å². The molecule has 4 rings (SSSR count). The monoisotopic (exact) mass is 381 g/mol. The number of hydrogen-bond acceptors (Lipinski definition) is 5. The minimum absolute atomic E-state index is 0.217. The van der Waals surface area contributed by atoms with Crippen molar-refractivity contribution in [1.82, 2.24) is 9.88 Å². The Morgan fingerprint density at radius 2 is 1.81 bits per heavy atom. The van der Waals surface area contributed by atoms with Gasteiger partial charge in [0, 0.05) is 39.0 Å². The predicted octanol–water partition coefficient (Wildman–Crippen LogP) is 3.59. The Bertz CT molecular complexity index is 899. The van der Waals surface area contributed by atoms with Crippen molar-refractivity contribution >= 4 is 33.1 Å². The van der Waals surface area contributed by atoms with Gasteiger partial charge in [-0.15, -0.1) is 11.3 Å². The van der Waals surface area contributed by atoms with Crippen molar-refractivity contribution in [1.29, 1.82) is 0 Å². The number of fused-ring (bicyclic) bond motifs is 1. The van der Waals surface area contributed by atoms with Gasteiger partial charge in [0.2, 0.25) is 5.91 Å². The molecule has 1 saturated heterocycles. The van der Waals surface area contributed by atoms with Gasteiger partial charge in [-0.25, -0.2) is 4.98 Å². The third kappa shape index (κ3) is 3.90. The molecular formula is C21H23N3O2S. The first kappa shape index (κ1) is 17.8. The average molecular weight is 382 g/mol. The molecule has 2 aromatic carbocycles. The number of piperazine rings is 1. The number of ether oxygens (including phenoxy) is 1. The fourth-order valence-corrected chi connectivity index (χ4v) is 4.45. The van der Waals surface area contributed by atoms with E-state index in [9.17, 15) is 4.79 Å². The standard InChI is InChI=1S/C21H23N3O2S/c1-26-18-8-4-3-7-17(18)23-12-14-24(15-13-23)21(25)11-10-20-22-16-6-2-5-9-19(16)27-20/h2-9H,10-15H2,1H3. The maximum atomic E-state index is 12.6. The fraction of sp³-hybridized carbons (Fsp3) is 0.333. The zero-order valence-corrected chi connectivity index (χ0v) is 16.2. The molecule has 0 radical (unpaired) electrons. The first-order chi connectivity index (χ1) is 13.2. The molecule has 0 unspecified atom stereocenters. The molecule has 5 nitrogen and oxygen atoms in total. The molecule has 27 heavy (non-hydrogen) atoms. The highest BCUT2D eigenvalue weighted by atomic mass is 32.1.